The topological polar surface area (TPSA) is 35.2 Å². The first-order chi connectivity index (χ1) is 10.0. The van der Waals surface area contributed by atoms with Gasteiger partial charge >= 0.3 is 0 Å². The van der Waals surface area contributed by atoms with Crippen molar-refractivity contribution in [3.63, 3.8) is 0 Å². The Morgan fingerprint density at radius 1 is 1.33 bits per heavy atom. The predicted octanol–water partition coefficient (Wildman–Crippen LogP) is 4.07. The molecule has 0 fully saturated rings. The first-order valence-corrected chi connectivity index (χ1v) is 7.79. The minimum Gasteiger partial charge on any atom is -0.493 e. The Morgan fingerprint density at radius 3 is 2.95 bits per heavy atom. The van der Waals surface area contributed by atoms with Crippen molar-refractivity contribution in [2.24, 2.45) is 5.73 Å². The fourth-order valence-corrected chi connectivity index (χ4v) is 3.41. The SMILES string of the molecule is Cc1ccc(F)cc1C(N)Cc1cc(Br)cc2c1OCC2. The maximum Gasteiger partial charge on any atom is 0.125 e. The Labute approximate surface area is 132 Å². The summed E-state index contributed by atoms with van der Waals surface area (Å²) in [7, 11) is 0. The van der Waals surface area contributed by atoms with Gasteiger partial charge in [-0.3, -0.25) is 0 Å². The lowest BCUT2D eigenvalue weighted by Gasteiger charge is -2.17. The standard InChI is InChI=1S/C17H17BrFNO/c1-10-2-3-14(19)9-15(10)16(20)8-12-7-13(18)6-11-4-5-21-17(11)12/h2-3,6-7,9,16H,4-5,8,20H2,1H3. The van der Waals surface area contributed by atoms with Gasteiger partial charge in [0.25, 0.3) is 0 Å². The van der Waals surface area contributed by atoms with E-state index in [4.69, 9.17) is 10.5 Å². The van der Waals surface area contributed by atoms with E-state index in [1.165, 1.54) is 17.7 Å². The fourth-order valence-electron chi connectivity index (χ4n) is 2.86. The maximum atomic E-state index is 13.4. The van der Waals surface area contributed by atoms with Crippen molar-refractivity contribution < 1.29 is 9.13 Å². The van der Waals surface area contributed by atoms with Crippen LogP contribution in [-0.4, -0.2) is 6.61 Å². The Bertz CT molecular complexity index is 687. The molecule has 0 aliphatic carbocycles. The highest BCUT2D eigenvalue weighted by Crippen LogP contribution is 2.35. The van der Waals surface area contributed by atoms with Gasteiger partial charge in [0.2, 0.25) is 0 Å². The highest BCUT2D eigenvalue weighted by atomic mass is 79.9. The lowest BCUT2D eigenvalue weighted by molar-refractivity contribution is 0.352. The molecule has 1 heterocycles. The normalized spacial score (nSPS) is 14.7. The fraction of sp³-hybridized carbons (Fsp3) is 0.294. The van der Waals surface area contributed by atoms with Crippen LogP contribution in [-0.2, 0) is 12.8 Å². The smallest absolute Gasteiger partial charge is 0.125 e. The number of hydrogen-bond donors (Lipinski definition) is 1. The van der Waals surface area contributed by atoms with Crippen LogP contribution in [0.25, 0.3) is 0 Å². The molecule has 0 saturated heterocycles. The molecular weight excluding hydrogens is 333 g/mol. The molecule has 0 spiro atoms. The largest absolute Gasteiger partial charge is 0.493 e. The van der Waals surface area contributed by atoms with E-state index in [1.54, 1.807) is 6.07 Å². The molecule has 2 aromatic carbocycles. The molecule has 1 aliphatic heterocycles. The van der Waals surface area contributed by atoms with E-state index < -0.39 is 0 Å². The molecule has 2 N–H and O–H groups in total. The van der Waals surface area contributed by atoms with Crippen molar-refractivity contribution in [2.75, 3.05) is 6.61 Å². The van der Waals surface area contributed by atoms with Gasteiger partial charge in [-0.15, -0.1) is 0 Å². The van der Waals surface area contributed by atoms with Crippen molar-refractivity contribution in [2.45, 2.75) is 25.8 Å². The molecule has 1 atom stereocenters. The second-order valence-corrected chi connectivity index (χ2v) is 6.38. The van der Waals surface area contributed by atoms with Gasteiger partial charge in [-0.2, -0.15) is 0 Å². The monoisotopic (exact) mass is 349 g/mol. The molecule has 110 valence electrons. The molecule has 1 aliphatic rings. The first-order valence-electron chi connectivity index (χ1n) is 7.00. The van der Waals surface area contributed by atoms with Crippen LogP contribution < -0.4 is 10.5 Å². The Morgan fingerprint density at radius 2 is 2.14 bits per heavy atom. The quantitative estimate of drug-likeness (QED) is 0.906. The average Bonchev–Trinajstić information content (AvgIpc) is 2.89. The lowest BCUT2D eigenvalue weighted by atomic mass is 9.94. The van der Waals surface area contributed by atoms with E-state index in [2.05, 4.69) is 22.0 Å². The summed E-state index contributed by atoms with van der Waals surface area (Å²) in [5.74, 6) is 0.699. The van der Waals surface area contributed by atoms with Crippen LogP contribution >= 0.6 is 15.9 Å². The minimum absolute atomic E-state index is 0.247. The average molecular weight is 350 g/mol. The molecule has 0 saturated carbocycles. The summed E-state index contributed by atoms with van der Waals surface area (Å²) in [6, 6.07) is 8.64. The number of fused-ring (bicyclic) bond motifs is 1. The van der Waals surface area contributed by atoms with Crippen molar-refractivity contribution in [1.29, 1.82) is 0 Å². The molecule has 0 bridgehead atoms. The second kappa shape index (κ2) is 5.78. The number of ether oxygens (including phenoxy) is 1. The van der Waals surface area contributed by atoms with Gasteiger partial charge in [-0.25, -0.2) is 4.39 Å². The Hall–Kier alpha value is -1.39. The molecule has 2 nitrogen and oxygen atoms in total. The van der Waals surface area contributed by atoms with Gasteiger partial charge < -0.3 is 10.5 Å². The highest BCUT2D eigenvalue weighted by Gasteiger charge is 2.20. The van der Waals surface area contributed by atoms with Crippen LogP contribution in [0.1, 0.15) is 28.3 Å². The highest BCUT2D eigenvalue weighted by molar-refractivity contribution is 9.10. The Kier molecular flexibility index (Phi) is 4.00. The van der Waals surface area contributed by atoms with Crippen LogP contribution in [0, 0.1) is 12.7 Å². The number of benzene rings is 2. The summed E-state index contributed by atoms with van der Waals surface area (Å²) in [6.45, 7) is 2.67. The van der Waals surface area contributed by atoms with Crippen molar-refractivity contribution >= 4 is 15.9 Å². The zero-order valence-electron chi connectivity index (χ0n) is 11.8. The van der Waals surface area contributed by atoms with Crippen LogP contribution in [0.5, 0.6) is 5.75 Å². The van der Waals surface area contributed by atoms with Gasteiger partial charge in [0, 0.05) is 16.9 Å². The van der Waals surface area contributed by atoms with Crippen LogP contribution in [0.2, 0.25) is 0 Å². The third-order valence-electron chi connectivity index (χ3n) is 3.91. The number of rotatable bonds is 3. The van der Waals surface area contributed by atoms with E-state index >= 15 is 0 Å². The summed E-state index contributed by atoms with van der Waals surface area (Å²) in [5, 5.41) is 0. The summed E-state index contributed by atoms with van der Waals surface area (Å²) in [6.07, 6.45) is 1.56. The molecule has 2 aromatic rings. The zero-order valence-corrected chi connectivity index (χ0v) is 13.4. The third-order valence-corrected chi connectivity index (χ3v) is 4.36. The summed E-state index contributed by atoms with van der Waals surface area (Å²) < 4.78 is 20.2. The van der Waals surface area contributed by atoms with Gasteiger partial charge in [0.1, 0.15) is 11.6 Å². The second-order valence-electron chi connectivity index (χ2n) is 5.46. The van der Waals surface area contributed by atoms with E-state index in [1.807, 2.05) is 13.0 Å². The summed E-state index contributed by atoms with van der Waals surface area (Å²) in [4.78, 5) is 0. The lowest BCUT2D eigenvalue weighted by Crippen LogP contribution is -2.15. The summed E-state index contributed by atoms with van der Waals surface area (Å²) in [5.41, 5.74) is 10.5. The van der Waals surface area contributed by atoms with E-state index in [0.717, 1.165) is 33.3 Å². The van der Waals surface area contributed by atoms with Crippen LogP contribution in [0.3, 0.4) is 0 Å². The molecule has 0 amide bonds. The minimum atomic E-state index is -0.248. The molecule has 0 aromatic heterocycles. The van der Waals surface area contributed by atoms with Gasteiger partial charge in [-0.05, 0) is 59.9 Å². The summed E-state index contributed by atoms with van der Waals surface area (Å²) >= 11 is 3.53. The van der Waals surface area contributed by atoms with Crippen molar-refractivity contribution in [1.82, 2.24) is 0 Å². The zero-order chi connectivity index (χ0) is 15.0. The van der Waals surface area contributed by atoms with Crippen molar-refractivity contribution in [3.8, 4) is 5.75 Å². The molecule has 21 heavy (non-hydrogen) atoms. The first kappa shape index (κ1) is 14.5. The molecule has 4 heteroatoms. The maximum absolute atomic E-state index is 13.4. The third kappa shape index (κ3) is 2.97. The van der Waals surface area contributed by atoms with Gasteiger partial charge in [0.05, 0.1) is 6.61 Å². The van der Waals surface area contributed by atoms with E-state index in [9.17, 15) is 4.39 Å². The molecule has 0 radical (unpaired) electrons. The van der Waals surface area contributed by atoms with Crippen LogP contribution in [0.15, 0.2) is 34.8 Å². The Balaban J connectivity index is 1.92. The number of hydrogen-bond acceptors (Lipinski definition) is 2. The van der Waals surface area contributed by atoms with Crippen LogP contribution in [0.4, 0.5) is 4.39 Å². The predicted molar refractivity (Wildman–Crippen MR) is 85.1 cm³/mol. The van der Waals surface area contributed by atoms with E-state index in [0.29, 0.717) is 13.0 Å². The molecular formula is C17H17BrFNO. The van der Waals surface area contributed by atoms with Gasteiger partial charge in [0.15, 0.2) is 0 Å². The molecule has 1 unspecified atom stereocenters. The molecule has 3 rings (SSSR count). The number of nitrogens with two attached hydrogens (primary N) is 1. The van der Waals surface area contributed by atoms with E-state index in [-0.39, 0.29) is 11.9 Å². The van der Waals surface area contributed by atoms with Gasteiger partial charge in [-0.1, -0.05) is 22.0 Å². The number of halogens is 2. The number of aryl methyl sites for hydroxylation is 1. The van der Waals surface area contributed by atoms with Crippen molar-refractivity contribution in [3.05, 3.63) is 62.9 Å².